The van der Waals surface area contributed by atoms with Crippen molar-refractivity contribution in [1.29, 1.82) is 0 Å². The first-order valence-electron chi connectivity index (χ1n) is 4.86. The van der Waals surface area contributed by atoms with Crippen molar-refractivity contribution in [2.45, 2.75) is 44.2 Å². The molecular formula is C10H14O4. The van der Waals surface area contributed by atoms with Crippen LogP contribution in [-0.2, 0) is 14.3 Å². The number of carbonyl (C=O) groups is 1. The lowest BCUT2D eigenvalue weighted by molar-refractivity contribution is -0.150. The molecule has 0 bridgehead atoms. The first-order chi connectivity index (χ1) is 6.65. The van der Waals surface area contributed by atoms with Crippen LogP contribution in [0.3, 0.4) is 0 Å². The van der Waals surface area contributed by atoms with Gasteiger partial charge in [-0.3, -0.25) is 4.79 Å². The molecule has 2 rings (SSSR count). The van der Waals surface area contributed by atoms with Crippen LogP contribution in [0.4, 0.5) is 0 Å². The smallest absolute Gasteiger partial charge is 0.309 e. The zero-order valence-corrected chi connectivity index (χ0v) is 8.05. The van der Waals surface area contributed by atoms with Crippen molar-refractivity contribution in [2.24, 2.45) is 0 Å². The summed E-state index contributed by atoms with van der Waals surface area (Å²) < 4.78 is 10.4. The Bertz CT molecular complexity index is 261. The lowest BCUT2D eigenvalue weighted by atomic mass is 10.1. The highest BCUT2D eigenvalue weighted by atomic mass is 16.6. The summed E-state index contributed by atoms with van der Waals surface area (Å²) in [5.41, 5.74) is 0. The van der Waals surface area contributed by atoms with Crippen LogP contribution >= 0.6 is 0 Å². The number of aliphatic hydroxyl groups excluding tert-OH is 1. The molecule has 0 unspecified atom stereocenters. The van der Waals surface area contributed by atoms with Crippen molar-refractivity contribution < 1.29 is 19.4 Å². The van der Waals surface area contributed by atoms with Crippen molar-refractivity contribution in [3.8, 4) is 0 Å². The molecule has 0 radical (unpaired) electrons. The maximum absolute atomic E-state index is 11.2. The Labute approximate surface area is 82.5 Å². The predicted octanol–water partition coefficient (Wildman–Crippen LogP) is 0.396. The summed E-state index contributed by atoms with van der Waals surface area (Å²) in [7, 11) is 0. The topological polar surface area (TPSA) is 59.1 Å². The van der Waals surface area contributed by atoms with Crippen LogP contribution in [0.2, 0.25) is 0 Å². The standard InChI is InChI=1S/C10H14O4/c1-6-4-9-8(14-9)3-2-7(11)5-10(12)13-6/h2-3,6-9,11H,4-5H2,1H3/b3-2-/t6-,7+,8+,9+/m0/s1. The fourth-order valence-corrected chi connectivity index (χ4v) is 1.64. The molecule has 0 aromatic heterocycles. The van der Waals surface area contributed by atoms with E-state index in [1.165, 1.54) is 0 Å². The number of aliphatic hydroxyl groups is 1. The van der Waals surface area contributed by atoms with Crippen molar-refractivity contribution >= 4 is 5.97 Å². The minimum Gasteiger partial charge on any atom is -0.462 e. The Kier molecular flexibility index (Phi) is 2.56. The molecule has 2 aliphatic rings. The van der Waals surface area contributed by atoms with E-state index in [1.807, 2.05) is 13.0 Å². The van der Waals surface area contributed by atoms with Gasteiger partial charge < -0.3 is 14.6 Å². The maximum Gasteiger partial charge on any atom is 0.309 e. The Morgan fingerprint density at radius 1 is 1.50 bits per heavy atom. The molecule has 4 nitrogen and oxygen atoms in total. The second-order valence-electron chi connectivity index (χ2n) is 3.83. The average molecular weight is 198 g/mol. The first-order valence-corrected chi connectivity index (χ1v) is 4.86. The van der Waals surface area contributed by atoms with E-state index in [9.17, 15) is 9.90 Å². The quantitative estimate of drug-likeness (QED) is 0.347. The summed E-state index contributed by atoms with van der Waals surface area (Å²) in [6.45, 7) is 1.84. The summed E-state index contributed by atoms with van der Waals surface area (Å²) in [5.74, 6) is -0.353. The van der Waals surface area contributed by atoms with E-state index < -0.39 is 6.10 Å². The minimum absolute atomic E-state index is 0.0260. The van der Waals surface area contributed by atoms with Crippen LogP contribution in [0.5, 0.6) is 0 Å². The second kappa shape index (κ2) is 3.71. The molecule has 2 heterocycles. The van der Waals surface area contributed by atoms with Gasteiger partial charge in [0.25, 0.3) is 0 Å². The summed E-state index contributed by atoms with van der Waals surface area (Å²) in [5, 5.41) is 9.38. The summed E-state index contributed by atoms with van der Waals surface area (Å²) in [4.78, 5) is 11.2. The highest BCUT2D eigenvalue weighted by Crippen LogP contribution is 2.29. The van der Waals surface area contributed by atoms with E-state index in [-0.39, 0.29) is 30.7 Å². The van der Waals surface area contributed by atoms with Crippen molar-refractivity contribution in [1.82, 2.24) is 0 Å². The van der Waals surface area contributed by atoms with Gasteiger partial charge in [0.15, 0.2) is 0 Å². The molecule has 4 heteroatoms. The monoisotopic (exact) mass is 198 g/mol. The SMILES string of the molecule is C[C@H]1C[C@H]2O[C@@H]2/C=C\[C@@H](O)CC(=O)O1. The van der Waals surface area contributed by atoms with Gasteiger partial charge in [0.1, 0.15) is 12.2 Å². The van der Waals surface area contributed by atoms with Crippen molar-refractivity contribution in [3.05, 3.63) is 12.2 Å². The molecule has 1 N–H and O–H groups in total. The van der Waals surface area contributed by atoms with Crippen molar-refractivity contribution in [3.63, 3.8) is 0 Å². The van der Waals surface area contributed by atoms with Gasteiger partial charge in [-0.05, 0) is 6.92 Å². The summed E-state index contributed by atoms with van der Waals surface area (Å²) >= 11 is 0. The third-order valence-corrected chi connectivity index (χ3v) is 2.42. The molecule has 1 fully saturated rings. The zero-order chi connectivity index (χ0) is 10.1. The molecule has 14 heavy (non-hydrogen) atoms. The number of carbonyl (C=O) groups excluding carboxylic acids is 1. The van der Waals surface area contributed by atoms with E-state index in [0.717, 1.165) is 6.42 Å². The largest absolute Gasteiger partial charge is 0.462 e. The normalized spacial score (nSPS) is 44.9. The molecule has 0 aromatic carbocycles. The lowest BCUT2D eigenvalue weighted by Gasteiger charge is -2.13. The molecule has 78 valence electrons. The van der Waals surface area contributed by atoms with Crippen LogP contribution in [0.1, 0.15) is 19.8 Å². The van der Waals surface area contributed by atoms with Crippen LogP contribution in [0.15, 0.2) is 12.2 Å². The number of fused-ring (bicyclic) bond motifs is 1. The molecule has 2 aliphatic heterocycles. The summed E-state index contributed by atoms with van der Waals surface area (Å²) in [6, 6.07) is 0. The average Bonchev–Trinajstić information content (AvgIpc) is 2.78. The molecular weight excluding hydrogens is 184 g/mol. The van der Waals surface area contributed by atoms with E-state index in [1.54, 1.807) is 6.08 Å². The minimum atomic E-state index is -0.752. The third-order valence-electron chi connectivity index (χ3n) is 2.42. The second-order valence-corrected chi connectivity index (χ2v) is 3.83. The van der Waals surface area contributed by atoms with Crippen molar-refractivity contribution in [2.75, 3.05) is 0 Å². The number of hydrogen-bond donors (Lipinski definition) is 1. The van der Waals surface area contributed by atoms with E-state index in [0.29, 0.717) is 0 Å². The van der Waals surface area contributed by atoms with Crippen LogP contribution in [0.25, 0.3) is 0 Å². The zero-order valence-electron chi connectivity index (χ0n) is 8.05. The molecule has 4 atom stereocenters. The number of hydrogen-bond acceptors (Lipinski definition) is 4. The fraction of sp³-hybridized carbons (Fsp3) is 0.700. The Balaban J connectivity index is 2.02. The first kappa shape index (κ1) is 9.68. The van der Waals surface area contributed by atoms with E-state index in [2.05, 4.69) is 0 Å². The van der Waals surface area contributed by atoms with Gasteiger partial charge >= 0.3 is 5.97 Å². The highest BCUT2D eigenvalue weighted by molar-refractivity contribution is 5.70. The number of epoxide rings is 1. The van der Waals surface area contributed by atoms with E-state index in [4.69, 9.17) is 9.47 Å². The predicted molar refractivity (Wildman–Crippen MR) is 48.6 cm³/mol. The highest BCUT2D eigenvalue weighted by Gasteiger charge is 2.38. The molecule has 0 saturated carbocycles. The number of rotatable bonds is 0. The van der Waals surface area contributed by atoms with Gasteiger partial charge in [-0.1, -0.05) is 12.2 Å². The lowest BCUT2D eigenvalue weighted by Crippen LogP contribution is -2.21. The third kappa shape index (κ3) is 2.33. The van der Waals surface area contributed by atoms with Gasteiger partial charge in [0.05, 0.1) is 18.6 Å². The van der Waals surface area contributed by atoms with Crippen LogP contribution in [0, 0.1) is 0 Å². The number of esters is 1. The number of cyclic esters (lactones) is 1. The Hall–Kier alpha value is -0.870. The van der Waals surface area contributed by atoms with E-state index >= 15 is 0 Å². The van der Waals surface area contributed by atoms with Gasteiger partial charge in [-0.2, -0.15) is 0 Å². The van der Waals surface area contributed by atoms with Gasteiger partial charge in [-0.25, -0.2) is 0 Å². The van der Waals surface area contributed by atoms with Crippen LogP contribution in [-0.4, -0.2) is 35.5 Å². The Morgan fingerprint density at radius 2 is 2.29 bits per heavy atom. The Morgan fingerprint density at radius 3 is 3.07 bits per heavy atom. The number of ether oxygens (including phenoxy) is 2. The van der Waals surface area contributed by atoms with Crippen LogP contribution < -0.4 is 0 Å². The summed E-state index contributed by atoms with van der Waals surface area (Å²) in [6.07, 6.45) is 3.55. The van der Waals surface area contributed by atoms with Gasteiger partial charge in [0, 0.05) is 6.42 Å². The van der Waals surface area contributed by atoms with Gasteiger partial charge in [-0.15, -0.1) is 0 Å². The molecule has 0 spiro atoms. The molecule has 0 aliphatic carbocycles. The maximum atomic E-state index is 11.2. The molecule has 0 amide bonds. The molecule has 0 aromatic rings. The fourth-order valence-electron chi connectivity index (χ4n) is 1.64. The molecule has 1 saturated heterocycles. The van der Waals surface area contributed by atoms with Gasteiger partial charge in [0.2, 0.25) is 0 Å².